The molecule has 4 rings (SSSR count). The van der Waals surface area contributed by atoms with Crippen LogP contribution in [-0.4, -0.2) is 20.5 Å². The number of ether oxygens (including phenoxy) is 1. The van der Waals surface area contributed by atoms with Crippen molar-refractivity contribution in [1.82, 2.24) is 4.98 Å². The highest BCUT2D eigenvalue weighted by molar-refractivity contribution is 7.92. The molecular formula is C22H17FN2O3S. The van der Waals surface area contributed by atoms with Gasteiger partial charge in [-0.3, -0.25) is 4.72 Å². The van der Waals surface area contributed by atoms with E-state index in [-0.39, 0.29) is 10.7 Å². The molecule has 0 bridgehead atoms. The Morgan fingerprint density at radius 1 is 0.931 bits per heavy atom. The first-order chi connectivity index (χ1) is 14.0. The number of hydrogen-bond acceptors (Lipinski definition) is 4. The number of hydrogen-bond donors (Lipinski definition) is 1. The molecule has 0 saturated heterocycles. The quantitative estimate of drug-likeness (QED) is 0.513. The van der Waals surface area contributed by atoms with Crippen molar-refractivity contribution in [2.45, 2.75) is 4.90 Å². The number of benzene rings is 3. The standard InChI is InChI=1S/C22H17FN2O3S/c1-28-22-14-21(15-7-9-16(23)10-8-15)24-20-12-11-17(13-19(20)22)25-29(26,27)18-5-3-2-4-6-18/h2-14,25H,1H3. The topological polar surface area (TPSA) is 68.3 Å². The summed E-state index contributed by atoms with van der Waals surface area (Å²) in [5.41, 5.74) is 2.41. The van der Waals surface area contributed by atoms with Crippen molar-refractivity contribution in [1.29, 1.82) is 0 Å². The van der Waals surface area contributed by atoms with Crippen molar-refractivity contribution in [3.63, 3.8) is 0 Å². The van der Waals surface area contributed by atoms with Crippen LogP contribution in [0.4, 0.5) is 10.1 Å². The maximum atomic E-state index is 13.2. The Morgan fingerprint density at radius 2 is 1.66 bits per heavy atom. The Morgan fingerprint density at radius 3 is 2.34 bits per heavy atom. The van der Waals surface area contributed by atoms with Gasteiger partial charge in [-0.2, -0.15) is 0 Å². The Hall–Kier alpha value is -3.45. The van der Waals surface area contributed by atoms with Crippen molar-refractivity contribution in [2.24, 2.45) is 0 Å². The summed E-state index contributed by atoms with van der Waals surface area (Å²) in [6, 6.07) is 20.9. The van der Waals surface area contributed by atoms with Gasteiger partial charge < -0.3 is 4.74 Å². The SMILES string of the molecule is COc1cc(-c2ccc(F)cc2)nc2ccc(NS(=O)(=O)c3ccccc3)cc12. The van der Waals surface area contributed by atoms with E-state index in [2.05, 4.69) is 9.71 Å². The van der Waals surface area contributed by atoms with E-state index in [4.69, 9.17) is 4.74 Å². The number of aromatic nitrogens is 1. The van der Waals surface area contributed by atoms with Gasteiger partial charge in [-0.15, -0.1) is 0 Å². The van der Waals surface area contributed by atoms with Crippen molar-refractivity contribution in [3.8, 4) is 17.0 Å². The number of rotatable bonds is 5. The molecule has 0 spiro atoms. The molecule has 146 valence electrons. The van der Waals surface area contributed by atoms with Crippen LogP contribution in [0.15, 0.2) is 83.8 Å². The Bertz CT molecular complexity index is 1270. The third-order valence-corrected chi connectivity index (χ3v) is 5.83. The molecule has 5 nitrogen and oxygen atoms in total. The van der Waals surface area contributed by atoms with Crippen molar-refractivity contribution in [2.75, 3.05) is 11.8 Å². The van der Waals surface area contributed by atoms with E-state index >= 15 is 0 Å². The lowest BCUT2D eigenvalue weighted by atomic mass is 10.1. The van der Waals surface area contributed by atoms with E-state index in [1.54, 1.807) is 54.6 Å². The summed E-state index contributed by atoms with van der Waals surface area (Å²) >= 11 is 0. The fourth-order valence-electron chi connectivity index (χ4n) is 3.01. The minimum atomic E-state index is -3.70. The number of halogens is 1. The molecule has 0 aliphatic rings. The average molecular weight is 408 g/mol. The van der Waals surface area contributed by atoms with Gasteiger partial charge in [0.2, 0.25) is 0 Å². The van der Waals surface area contributed by atoms with E-state index < -0.39 is 10.0 Å². The zero-order valence-electron chi connectivity index (χ0n) is 15.5. The van der Waals surface area contributed by atoms with Crippen LogP contribution in [0.1, 0.15) is 0 Å². The second-order valence-electron chi connectivity index (χ2n) is 6.37. The van der Waals surface area contributed by atoms with E-state index in [0.717, 1.165) is 5.56 Å². The molecule has 1 N–H and O–H groups in total. The predicted octanol–water partition coefficient (Wildman–Crippen LogP) is 4.85. The second kappa shape index (κ2) is 7.52. The molecule has 0 unspecified atom stereocenters. The second-order valence-corrected chi connectivity index (χ2v) is 8.05. The maximum Gasteiger partial charge on any atom is 0.261 e. The van der Waals surface area contributed by atoms with Crippen LogP contribution in [0.2, 0.25) is 0 Å². The van der Waals surface area contributed by atoms with Gasteiger partial charge in [0.15, 0.2) is 0 Å². The maximum absolute atomic E-state index is 13.2. The van der Waals surface area contributed by atoms with E-state index in [0.29, 0.717) is 28.0 Å². The molecule has 0 aliphatic heterocycles. The normalized spacial score (nSPS) is 11.4. The van der Waals surface area contributed by atoms with Crippen LogP contribution in [-0.2, 0) is 10.0 Å². The molecule has 0 saturated carbocycles. The summed E-state index contributed by atoms with van der Waals surface area (Å²) in [7, 11) is -2.17. The zero-order chi connectivity index (χ0) is 20.4. The minimum absolute atomic E-state index is 0.178. The molecule has 29 heavy (non-hydrogen) atoms. The molecule has 3 aromatic carbocycles. The van der Waals surface area contributed by atoms with Gasteiger partial charge in [-0.25, -0.2) is 17.8 Å². The minimum Gasteiger partial charge on any atom is -0.496 e. The number of pyridine rings is 1. The molecule has 0 radical (unpaired) electrons. The number of nitrogens with zero attached hydrogens (tertiary/aromatic N) is 1. The highest BCUT2D eigenvalue weighted by atomic mass is 32.2. The molecule has 0 amide bonds. The molecular weight excluding hydrogens is 391 g/mol. The first kappa shape index (κ1) is 18.9. The summed E-state index contributed by atoms with van der Waals surface area (Å²) in [5.74, 6) is 0.215. The number of anilines is 1. The predicted molar refractivity (Wildman–Crippen MR) is 111 cm³/mol. The summed E-state index contributed by atoms with van der Waals surface area (Å²) in [6.07, 6.45) is 0. The van der Waals surface area contributed by atoms with Crippen LogP contribution in [0.25, 0.3) is 22.2 Å². The monoisotopic (exact) mass is 408 g/mol. The van der Waals surface area contributed by atoms with Gasteiger partial charge in [-0.05, 0) is 54.6 Å². The van der Waals surface area contributed by atoms with Crippen LogP contribution in [0.5, 0.6) is 5.75 Å². The molecule has 1 heterocycles. The highest BCUT2D eigenvalue weighted by Crippen LogP contribution is 2.32. The Kier molecular flexibility index (Phi) is 4.90. The summed E-state index contributed by atoms with van der Waals surface area (Å²) < 4.78 is 46.4. The number of nitrogens with one attached hydrogen (secondary N) is 1. The van der Waals surface area contributed by atoms with E-state index in [1.807, 2.05) is 0 Å². The van der Waals surface area contributed by atoms with Gasteiger partial charge in [-0.1, -0.05) is 18.2 Å². The fraction of sp³-hybridized carbons (Fsp3) is 0.0455. The smallest absolute Gasteiger partial charge is 0.261 e. The Balaban J connectivity index is 1.74. The molecule has 0 atom stereocenters. The molecule has 0 aliphatic carbocycles. The summed E-state index contributed by atoms with van der Waals surface area (Å²) in [5, 5.41) is 0.659. The lowest BCUT2D eigenvalue weighted by Crippen LogP contribution is -2.12. The highest BCUT2D eigenvalue weighted by Gasteiger charge is 2.15. The molecule has 7 heteroatoms. The zero-order valence-corrected chi connectivity index (χ0v) is 16.3. The number of fused-ring (bicyclic) bond motifs is 1. The lowest BCUT2D eigenvalue weighted by Gasteiger charge is -2.12. The first-order valence-electron chi connectivity index (χ1n) is 8.79. The summed E-state index contributed by atoms with van der Waals surface area (Å²) in [6.45, 7) is 0. The Labute approximate surface area is 167 Å². The van der Waals surface area contributed by atoms with Crippen molar-refractivity contribution >= 4 is 26.6 Å². The van der Waals surface area contributed by atoms with Gasteiger partial charge >= 0.3 is 0 Å². The van der Waals surface area contributed by atoms with Gasteiger partial charge in [0.1, 0.15) is 11.6 Å². The largest absolute Gasteiger partial charge is 0.496 e. The molecule has 4 aromatic rings. The first-order valence-corrected chi connectivity index (χ1v) is 10.3. The van der Waals surface area contributed by atoms with Gasteiger partial charge in [0.05, 0.1) is 23.2 Å². The third kappa shape index (κ3) is 3.90. The number of sulfonamides is 1. The van der Waals surface area contributed by atoms with Crippen molar-refractivity contribution < 1.29 is 17.5 Å². The summed E-state index contributed by atoms with van der Waals surface area (Å²) in [4.78, 5) is 4.78. The fourth-order valence-corrected chi connectivity index (χ4v) is 4.08. The van der Waals surface area contributed by atoms with Crippen LogP contribution in [0.3, 0.4) is 0 Å². The third-order valence-electron chi connectivity index (χ3n) is 4.44. The van der Waals surface area contributed by atoms with E-state index in [1.165, 1.54) is 31.4 Å². The van der Waals surface area contributed by atoms with Crippen LogP contribution in [0, 0.1) is 5.82 Å². The van der Waals surface area contributed by atoms with E-state index in [9.17, 15) is 12.8 Å². The van der Waals surface area contributed by atoms with Crippen LogP contribution < -0.4 is 9.46 Å². The average Bonchev–Trinajstić information content (AvgIpc) is 2.74. The molecule has 1 aromatic heterocycles. The van der Waals surface area contributed by atoms with Crippen molar-refractivity contribution in [3.05, 3.63) is 84.7 Å². The number of methoxy groups -OCH3 is 1. The van der Waals surface area contributed by atoms with Gasteiger partial charge in [0.25, 0.3) is 10.0 Å². The lowest BCUT2D eigenvalue weighted by molar-refractivity contribution is 0.419. The molecule has 0 fully saturated rings. The van der Waals surface area contributed by atoms with Gasteiger partial charge in [0, 0.05) is 22.7 Å². The van der Waals surface area contributed by atoms with Crippen LogP contribution >= 0.6 is 0 Å².